The third-order valence-corrected chi connectivity index (χ3v) is 3.30. The zero-order chi connectivity index (χ0) is 11.5. The lowest BCUT2D eigenvalue weighted by Crippen LogP contribution is -2.06. The van der Waals surface area contributed by atoms with Crippen LogP contribution in [0.15, 0.2) is 22.7 Å². The third-order valence-electron chi connectivity index (χ3n) is 2.58. The third kappa shape index (κ3) is 2.97. The monoisotopic (exact) mass is 286 g/mol. The Kier molecular flexibility index (Phi) is 3.84. The summed E-state index contributed by atoms with van der Waals surface area (Å²) in [5.74, 6) is 0.844. The summed E-state index contributed by atoms with van der Waals surface area (Å²) in [5, 5.41) is 0. The summed E-state index contributed by atoms with van der Waals surface area (Å²) in [4.78, 5) is 0. The molecule has 0 radical (unpaired) electrons. The highest BCUT2D eigenvalue weighted by molar-refractivity contribution is 9.10. The van der Waals surface area contributed by atoms with Gasteiger partial charge in [0.15, 0.2) is 0 Å². The second-order valence-corrected chi connectivity index (χ2v) is 4.67. The Morgan fingerprint density at radius 3 is 2.94 bits per heavy atom. The van der Waals surface area contributed by atoms with E-state index in [1.54, 1.807) is 7.11 Å². The van der Waals surface area contributed by atoms with Crippen molar-refractivity contribution in [3.63, 3.8) is 0 Å². The fourth-order valence-electron chi connectivity index (χ4n) is 1.47. The van der Waals surface area contributed by atoms with E-state index in [1.807, 2.05) is 25.1 Å². The Labute approximate surface area is 104 Å². The van der Waals surface area contributed by atoms with E-state index in [0.717, 1.165) is 22.4 Å². The Morgan fingerprint density at radius 1 is 1.56 bits per heavy atom. The van der Waals surface area contributed by atoms with Crippen LogP contribution in [0.4, 0.5) is 0 Å². The first kappa shape index (κ1) is 11.9. The number of hydrogen-bond acceptors (Lipinski definition) is 3. The molecule has 2 rings (SSSR count). The molecule has 0 N–H and O–H groups in total. The van der Waals surface area contributed by atoms with Gasteiger partial charge in [-0.25, -0.2) is 0 Å². The molecule has 0 saturated carbocycles. The van der Waals surface area contributed by atoms with E-state index in [-0.39, 0.29) is 6.10 Å². The number of rotatable bonds is 5. The molecule has 0 spiro atoms. The molecular weight excluding hydrogens is 272 g/mol. The minimum absolute atomic E-state index is 0.0358. The van der Waals surface area contributed by atoms with E-state index in [1.165, 1.54) is 0 Å². The van der Waals surface area contributed by atoms with Crippen molar-refractivity contribution in [1.82, 2.24) is 0 Å². The van der Waals surface area contributed by atoms with Gasteiger partial charge in [-0.05, 0) is 30.7 Å². The van der Waals surface area contributed by atoms with Gasteiger partial charge in [-0.2, -0.15) is 0 Å². The molecule has 1 aliphatic heterocycles. The highest BCUT2D eigenvalue weighted by atomic mass is 79.9. The molecule has 4 heteroatoms. The van der Waals surface area contributed by atoms with Gasteiger partial charge in [-0.1, -0.05) is 15.9 Å². The van der Waals surface area contributed by atoms with Gasteiger partial charge in [-0.3, -0.25) is 0 Å². The van der Waals surface area contributed by atoms with Crippen LogP contribution in [0, 0.1) is 0 Å². The van der Waals surface area contributed by atoms with Gasteiger partial charge in [0.25, 0.3) is 0 Å². The second-order valence-electron chi connectivity index (χ2n) is 3.82. The number of ether oxygens (including phenoxy) is 3. The van der Waals surface area contributed by atoms with E-state index in [9.17, 15) is 0 Å². The molecule has 0 amide bonds. The van der Waals surface area contributed by atoms with Crippen LogP contribution in [0.2, 0.25) is 0 Å². The first-order valence-corrected chi connectivity index (χ1v) is 6.06. The Hall–Kier alpha value is -0.580. The first-order valence-electron chi connectivity index (χ1n) is 5.27. The van der Waals surface area contributed by atoms with Crippen LogP contribution in [0.25, 0.3) is 0 Å². The fraction of sp³-hybridized carbons (Fsp3) is 0.500. The predicted octanol–water partition coefficient (Wildman–Crippen LogP) is 2.93. The summed E-state index contributed by atoms with van der Waals surface area (Å²) in [6.07, 6.45) is 0.334. The van der Waals surface area contributed by atoms with E-state index in [2.05, 4.69) is 15.9 Å². The second kappa shape index (κ2) is 5.17. The van der Waals surface area contributed by atoms with E-state index < -0.39 is 0 Å². The maximum atomic E-state index is 5.72. The zero-order valence-corrected chi connectivity index (χ0v) is 11.0. The van der Waals surface area contributed by atoms with Crippen molar-refractivity contribution in [3.05, 3.63) is 28.2 Å². The average molecular weight is 287 g/mol. The van der Waals surface area contributed by atoms with Gasteiger partial charge in [0, 0.05) is 4.47 Å². The van der Waals surface area contributed by atoms with Crippen LogP contribution in [0.3, 0.4) is 0 Å². The predicted molar refractivity (Wildman–Crippen MR) is 64.8 cm³/mol. The molecule has 1 aromatic carbocycles. The van der Waals surface area contributed by atoms with Crippen LogP contribution in [-0.4, -0.2) is 26.4 Å². The molecule has 88 valence electrons. The summed E-state index contributed by atoms with van der Waals surface area (Å²) in [7, 11) is 1.66. The molecule has 1 aromatic rings. The first-order chi connectivity index (χ1) is 7.70. The fourth-order valence-corrected chi connectivity index (χ4v) is 2.04. The molecule has 16 heavy (non-hydrogen) atoms. The molecule has 0 aromatic heterocycles. The molecule has 1 unspecified atom stereocenters. The highest BCUT2D eigenvalue weighted by Gasteiger charge is 2.24. The highest BCUT2D eigenvalue weighted by Crippen LogP contribution is 2.30. The van der Waals surface area contributed by atoms with Crippen molar-refractivity contribution in [2.75, 3.05) is 20.3 Å². The maximum Gasteiger partial charge on any atom is 0.119 e. The van der Waals surface area contributed by atoms with Gasteiger partial charge >= 0.3 is 0 Å². The summed E-state index contributed by atoms with van der Waals surface area (Å²) in [5.41, 5.74) is 1.10. The lowest BCUT2D eigenvalue weighted by Gasteiger charge is -2.15. The minimum atomic E-state index is 0.0358. The van der Waals surface area contributed by atoms with Crippen molar-refractivity contribution in [2.24, 2.45) is 0 Å². The number of methoxy groups -OCH3 is 1. The van der Waals surface area contributed by atoms with E-state index >= 15 is 0 Å². The van der Waals surface area contributed by atoms with E-state index in [0.29, 0.717) is 12.7 Å². The van der Waals surface area contributed by atoms with Gasteiger partial charge < -0.3 is 14.2 Å². The summed E-state index contributed by atoms with van der Waals surface area (Å²) < 4.78 is 17.1. The van der Waals surface area contributed by atoms with Gasteiger partial charge in [0.1, 0.15) is 11.9 Å². The number of epoxide rings is 1. The van der Waals surface area contributed by atoms with Crippen LogP contribution >= 0.6 is 15.9 Å². The van der Waals surface area contributed by atoms with Gasteiger partial charge in [-0.15, -0.1) is 0 Å². The van der Waals surface area contributed by atoms with Gasteiger partial charge in [0.05, 0.1) is 26.4 Å². The Balaban J connectivity index is 2.04. The zero-order valence-electron chi connectivity index (χ0n) is 9.40. The molecule has 1 fully saturated rings. The van der Waals surface area contributed by atoms with Crippen LogP contribution in [0.1, 0.15) is 18.6 Å². The topological polar surface area (TPSA) is 31.0 Å². The minimum Gasteiger partial charge on any atom is -0.497 e. The van der Waals surface area contributed by atoms with Crippen molar-refractivity contribution >= 4 is 15.9 Å². The van der Waals surface area contributed by atoms with Crippen LogP contribution < -0.4 is 4.74 Å². The lowest BCUT2D eigenvalue weighted by atomic mass is 10.1. The standard InChI is InChI=1S/C12H15BrO3/c1-8(15-6-10-7-16-10)11-5-9(14-2)3-4-12(11)13/h3-5,8,10H,6-7H2,1-2H3/t8-,10?/m1/s1. The molecule has 3 nitrogen and oxygen atoms in total. The van der Waals surface area contributed by atoms with Crippen LogP contribution in [0.5, 0.6) is 5.75 Å². The average Bonchev–Trinajstić information content (AvgIpc) is 3.10. The SMILES string of the molecule is COc1ccc(Br)c([C@@H](C)OCC2CO2)c1. The molecule has 2 atom stereocenters. The normalized spacial score (nSPS) is 20.6. The quantitative estimate of drug-likeness (QED) is 0.780. The van der Waals surface area contributed by atoms with Crippen molar-refractivity contribution in [1.29, 1.82) is 0 Å². The molecule has 0 bridgehead atoms. The van der Waals surface area contributed by atoms with E-state index in [4.69, 9.17) is 14.2 Å². The maximum absolute atomic E-state index is 5.72. The molecule has 1 heterocycles. The van der Waals surface area contributed by atoms with Crippen molar-refractivity contribution in [3.8, 4) is 5.75 Å². The number of halogens is 1. The molecular formula is C12H15BrO3. The number of hydrogen-bond donors (Lipinski definition) is 0. The summed E-state index contributed by atoms with van der Waals surface area (Å²) in [6, 6.07) is 5.88. The Morgan fingerprint density at radius 2 is 2.31 bits per heavy atom. The van der Waals surface area contributed by atoms with Gasteiger partial charge in [0.2, 0.25) is 0 Å². The van der Waals surface area contributed by atoms with Crippen molar-refractivity contribution < 1.29 is 14.2 Å². The summed E-state index contributed by atoms with van der Waals surface area (Å²) in [6.45, 7) is 3.51. The molecule has 0 aliphatic carbocycles. The number of benzene rings is 1. The lowest BCUT2D eigenvalue weighted by molar-refractivity contribution is 0.0534. The molecule has 1 aliphatic rings. The van der Waals surface area contributed by atoms with Crippen molar-refractivity contribution in [2.45, 2.75) is 19.1 Å². The smallest absolute Gasteiger partial charge is 0.119 e. The summed E-state index contributed by atoms with van der Waals surface area (Å²) >= 11 is 3.52. The largest absolute Gasteiger partial charge is 0.497 e. The molecule has 1 saturated heterocycles. The Bertz CT molecular complexity index is 363. The van der Waals surface area contributed by atoms with Crippen LogP contribution in [-0.2, 0) is 9.47 Å².